The van der Waals surface area contributed by atoms with Crippen molar-refractivity contribution >= 4 is 41.5 Å². The molecule has 1 spiro atoms. The molecule has 160 valence electrons. The van der Waals surface area contributed by atoms with Crippen LogP contribution in [0.2, 0.25) is 0 Å². The van der Waals surface area contributed by atoms with Crippen LogP contribution < -0.4 is 4.31 Å². The number of benzene rings is 2. The first-order valence-corrected chi connectivity index (χ1v) is 14.3. The van der Waals surface area contributed by atoms with E-state index in [1.54, 1.807) is 22.5 Å². The maximum atomic E-state index is 13.9. The van der Waals surface area contributed by atoms with E-state index >= 15 is 0 Å². The van der Waals surface area contributed by atoms with Crippen LogP contribution in [0.5, 0.6) is 0 Å². The van der Waals surface area contributed by atoms with Crippen molar-refractivity contribution in [3.05, 3.63) is 58.1 Å². The summed E-state index contributed by atoms with van der Waals surface area (Å²) < 4.78 is 54.9. The Morgan fingerprint density at radius 3 is 2.40 bits per heavy atom. The predicted molar refractivity (Wildman–Crippen MR) is 121 cm³/mol. The normalized spacial score (nSPS) is 24.7. The lowest BCUT2D eigenvalue weighted by Gasteiger charge is -2.41. The molecule has 3 aliphatic rings. The van der Waals surface area contributed by atoms with E-state index in [0.717, 1.165) is 28.4 Å². The van der Waals surface area contributed by atoms with E-state index in [0.29, 0.717) is 23.4 Å². The second-order valence-corrected chi connectivity index (χ2v) is 13.9. The monoisotopic (exact) mass is 509 g/mol. The molecule has 1 unspecified atom stereocenters. The Balaban J connectivity index is 1.72. The van der Waals surface area contributed by atoms with Crippen LogP contribution in [0.25, 0.3) is 0 Å². The number of halogens is 1. The van der Waals surface area contributed by atoms with Crippen molar-refractivity contribution in [3.8, 4) is 0 Å². The molecule has 2 aromatic carbocycles. The summed E-state index contributed by atoms with van der Waals surface area (Å²) in [5.41, 5.74) is 2.12. The van der Waals surface area contributed by atoms with Gasteiger partial charge in [0.1, 0.15) is 9.84 Å². The first-order valence-electron chi connectivity index (χ1n) is 10.3. The lowest BCUT2D eigenvalue weighted by atomic mass is 9.70. The van der Waals surface area contributed by atoms with E-state index in [-0.39, 0.29) is 23.5 Å². The quantitative estimate of drug-likeness (QED) is 0.621. The molecule has 2 fully saturated rings. The number of aryl methyl sites for hydroxylation is 1. The van der Waals surface area contributed by atoms with Gasteiger partial charge in [0.2, 0.25) is 0 Å². The number of sulfonamides is 1. The number of nitrogens with zero attached hydrogens (tertiary/aromatic N) is 1. The minimum absolute atomic E-state index is 0.112. The van der Waals surface area contributed by atoms with Gasteiger partial charge in [-0.25, -0.2) is 16.8 Å². The van der Waals surface area contributed by atoms with Crippen LogP contribution >= 0.6 is 15.9 Å². The molecule has 5 nitrogen and oxygen atoms in total. The third-order valence-corrected chi connectivity index (χ3v) is 10.8. The molecule has 0 aromatic heterocycles. The SMILES string of the molecule is Cc1cccc(S(=O)(=O)N2c3ccc(Br)cc3C3(CCS(=O)(=O)CC3)C2C2CC2)c1. The Labute approximate surface area is 186 Å². The van der Waals surface area contributed by atoms with Gasteiger partial charge in [-0.2, -0.15) is 0 Å². The van der Waals surface area contributed by atoms with E-state index in [4.69, 9.17) is 0 Å². The Kier molecular flexibility index (Phi) is 4.66. The zero-order chi connectivity index (χ0) is 21.3. The van der Waals surface area contributed by atoms with Gasteiger partial charge < -0.3 is 0 Å². The topological polar surface area (TPSA) is 71.5 Å². The minimum Gasteiger partial charge on any atom is -0.262 e. The number of rotatable bonds is 3. The van der Waals surface area contributed by atoms with E-state index in [2.05, 4.69) is 15.9 Å². The standard InChI is InChI=1S/C22H24BrNO4S2/c1-15-3-2-4-18(13-15)30(27,28)24-20-8-7-17(23)14-19(20)22(21(24)16-5-6-16)9-11-29(25,26)12-10-22/h2-4,7-8,13-14,16,21H,5-6,9-12H2,1H3. The van der Waals surface area contributed by atoms with E-state index in [9.17, 15) is 16.8 Å². The summed E-state index contributed by atoms with van der Waals surface area (Å²) in [6.07, 6.45) is 2.90. The Morgan fingerprint density at radius 1 is 1.07 bits per heavy atom. The number of sulfone groups is 1. The maximum Gasteiger partial charge on any atom is 0.264 e. The highest BCUT2D eigenvalue weighted by atomic mass is 79.9. The highest BCUT2D eigenvalue weighted by molar-refractivity contribution is 9.10. The van der Waals surface area contributed by atoms with Gasteiger partial charge in [-0.15, -0.1) is 0 Å². The summed E-state index contributed by atoms with van der Waals surface area (Å²) in [5, 5.41) is 0. The number of hydrogen-bond acceptors (Lipinski definition) is 4. The zero-order valence-electron chi connectivity index (χ0n) is 16.7. The lowest BCUT2D eigenvalue weighted by molar-refractivity contribution is 0.308. The maximum absolute atomic E-state index is 13.9. The third kappa shape index (κ3) is 3.14. The molecule has 0 N–H and O–H groups in total. The number of anilines is 1. The van der Waals surface area contributed by atoms with Crippen molar-refractivity contribution in [2.75, 3.05) is 15.8 Å². The molecule has 8 heteroatoms. The fourth-order valence-electron chi connectivity index (χ4n) is 5.32. The molecule has 1 aliphatic carbocycles. The average molecular weight is 510 g/mol. The first-order chi connectivity index (χ1) is 14.1. The average Bonchev–Trinajstić information content (AvgIpc) is 3.48. The second-order valence-electron chi connectivity index (χ2n) is 8.87. The highest BCUT2D eigenvalue weighted by Gasteiger charge is 2.60. The summed E-state index contributed by atoms with van der Waals surface area (Å²) in [4.78, 5) is 0.294. The fourth-order valence-corrected chi connectivity index (χ4v) is 9.14. The summed E-state index contributed by atoms with van der Waals surface area (Å²) >= 11 is 3.55. The molecule has 0 amide bonds. The molecule has 2 heterocycles. The summed E-state index contributed by atoms with van der Waals surface area (Å²) in [6, 6.07) is 12.6. The van der Waals surface area contributed by atoms with Gasteiger partial charge in [0.05, 0.1) is 28.1 Å². The van der Waals surface area contributed by atoms with Gasteiger partial charge >= 0.3 is 0 Å². The van der Waals surface area contributed by atoms with Crippen molar-refractivity contribution in [1.82, 2.24) is 0 Å². The van der Waals surface area contributed by atoms with Gasteiger partial charge in [0, 0.05) is 9.89 Å². The Bertz CT molecular complexity index is 1220. The number of hydrogen-bond donors (Lipinski definition) is 0. The van der Waals surface area contributed by atoms with Crippen LogP contribution in [-0.4, -0.2) is 34.4 Å². The first kappa shape index (κ1) is 20.5. The molecule has 1 saturated heterocycles. The van der Waals surface area contributed by atoms with Crippen LogP contribution in [0.3, 0.4) is 0 Å². The molecule has 30 heavy (non-hydrogen) atoms. The lowest BCUT2D eigenvalue weighted by Crippen LogP contribution is -2.52. The predicted octanol–water partition coefficient (Wildman–Crippen LogP) is 4.19. The molecule has 2 aromatic rings. The van der Waals surface area contributed by atoms with Crippen molar-refractivity contribution in [2.45, 2.75) is 49.0 Å². The smallest absolute Gasteiger partial charge is 0.262 e. The van der Waals surface area contributed by atoms with E-state index < -0.39 is 25.3 Å². The molecule has 5 rings (SSSR count). The van der Waals surface area contributed by atoms with Gasteiger partial charge in [-0.05, 0) is 80.0 Å². The third-order valence-electron chi connectivity index (χ3n) is 6.88. The molecular weight excluding hydrogens is 486 g/mol. The van der Waals surface area contributed by atoms with Crippen molar-refractivity contribution in [1.29, 1.82) is 0 Å². The molecule has 1 saturated carbocycles. The number of fused-ring (bicyclic) bond motifs is 2. The highest BCUT2D eigenvalue weighted by Crippen LogP contribution is 2.59. The van der Waals surface area contributed by atoms with Crippen LogP contribution in [0.1, 0.15) is 36.8 Å². The van der Waals surface area contributed by atoms with Crippen LogP contribution in [-0.2, 0) is 25.3 Å². The van der Waals surface area contributed by atoms with Gasteiger partial charge in [-0.3, -0.25) is 4.31 Å². The Hall–Kier alpha value is -1.38. The fraction of sp³-hybridized carbons (Fsp3) is 0.455. The van der Waals surface area contributed by atoms with Crippen LogP contribution in [0.4, 0.5) is 5.69 Å². The van der Waals surface area contributed by atoms with Gasteiger partial charge in [-0.1, -0.05) is 28.1 Å². The van der Waals surface area contributed by atoms with Crippen LogP contribution in [0, 0.1) is 12.8 Å². The summed E-state index contributed by atoms with van der Waals surface area (Å²) in [7, 11) is -6.86. The minimum atomic E-state index is -3.78. The van der Waals surface area contributed by atoms with Crippen molar-refractivity contribution in [2.24, 2.45) is 5.92 Å². The summed E-state index contributed by atoms with van der Waals surface area (Å²) in [5.74, 6) is 0.484. The largest absolute Gasteiger partial charge is 0.264 e. The molecule has 2 aliphatic heterocycles. The zero-order valence-corrected chi connectivity index (χ0v) is 19.9. The van der Waals surface area contributed by atoms with Crippen LogP contribution in [0.15, 0.2) is 51.8 Å². The van der Waals surface area contributed by atoms with Gasteiger partial charge in [0.15, 0.2) is 0 Å². The Morgan fingerprint density at radius 2 is 1.77 bits per heavy atom. The summed E-state index contributed by atoms with van der Waals surface area (Å²) in [6.45, 7) is 1.89. The van der Waals surface area contributed by atoms with E-state index in [1.165, 1.54) is 0 Å². The molecular formula is C22H24BrNO4S2. The van der Waals surface area contributed by atoms with E-state index in [1.807, 2.05) is 31.2 Å². The molecule has 0 bridgehead atoms. The van der Waals surface area contributed by atoms with Crippen molar-refractivity contribution < 1.29 is 16.8 Å². The molecule has 0 radical (unpaired) electrons. The second kappa shape index (κ2) is 6.81. The van der Waals surface area contributed by atoms with Gasteiger partial charge in [0.25, 0.3) is 10.0 Å². The van der Waals surface area contributed by atoms with Crippen molar-refractivity contribution in [3.63, 3.8) is 0 Å². The molecule has 1 atom stereocenters.